The molecular formula is C16H17F3N4O2. The molecule has 134 valence electrons. The molecule has 0 bridgehead atoms. The van der Waals surface area contributed by atoms with Gasteiger partial charge in [0.05, 0.1) is 12.2 Å². The molecule has 0 radical (unpaired) electrons. The fourth-order valence-corrected chi connectivity index (χ4v) is 1.94. The molecule has 2 rings (SSSR count). The van der Waals surface area contributed by atoms with Gasteiger partial charge in [0.2, 0.25) is 5.88 Å². The highest BCUT2D eigenvalue weighted by Gasteiger charge is 2.30. The van der Waals surface area contributed by atoms with Crippen LogP contribution in [-0.2, 0) is 6.18 Å². The molecule has 2 N–H and O–H groups in total. The van der Waals surface area contributed by atoms with Crippen molar-refractivity contribution in [1.82, 2.24) is 15.3 Å². The average Bonchev–Trinajstić information content (AvgIpc) is 2.59. The van der Waals surface area contributed by atoms with Crippen LogP contribution >= 0.6 is 0 Å². The number of carbonyl (C=O) groups is 1. The van der Waals surface area contributed by atoms with Crippen molar-refractivity contribution in [2.24, 2.45) is 0 Å². The van der Waals surface area contributed by atoms with E-state index in [1.807, 2.05) is 0 Å². The monoisotopic (exact) mass is 354 g/mol. The Morgan fingerprint density at radius 1 is 1.20 bits per heavy atom. The Morgan fingerprint density at radius 3 is 2.64 bits per heavy atom. The number of nitrogens with zero attached hydrogens (tertiary/aromatic N) is 2. The predicted molar refractivity (Wildman–Crippen MR) is 85.5 cm³/mol. The van der Waals surface area contributed by atoms with Gasteiger partial charge < -0.3 is 15.4 Å². The number of ether oxygens (including phenoxy) is 1. The number of halogens is 3. The third-order valence-electron chi connectivity index (χ3n) is 3.10. The Hall–Kier alpha value is -2.84. The van der Waals surface area contributed by atoms with E-state index in [9.17, 15) is 18.0 Å². The maximum Gasteiger partial charge on any atom is 0.417 e. The Balaban J connectivity index is 1.82. The lowest BCUT2D eigenvalue weighted by molar-refractivity contribution is -0.137. The van der Waals surface area contributed by atoms with E-state index in [1.165, 1.54) is 12.3 Å². The van der Waals surface area contributed by atoms with Crippen LogP contribution in [0.2, 0.25) is 0 Å². The molecule has 25 heavy (non-hydrogen) atoms. The first-order chi connectivity index (χ1) is 11.9. The minimum atomic E-state index is -4.42. The summed E-state index contributed by atoms with van der Waals surface area (Å²) in [6, 6.07) is 5.40. The van der Waals surface area contributed by atoms with Crippen LogP contribution in [0.5, 0.6) is 5.88 Å². The molecule has 0 fully saturated rings. The fraction of sp³-hybridized carbons (Fsp3) is 0.312. The Bertz CT molecular complexity index is 705. The van der Waals surface area contributed by atoms with Gasteiger partial charge in [0.15, 0.2) is 0 Å². The first-order valence-corrected chi connectivity index (χ1v) is 7.55. The first kappa shape index (κ1) is 18.5. The number of amides is 1. The van der Waals surface area contributed by atoms with E-state index in [0.29, 0.717) is 24.5 Å². The molecule has 2 aromatic rings. The number of hydrogen-bond donors (Lipinski definition) is 2. The fourth-order valence-electron chi connectivity index (χ4n) is 1.94. The number of aromatic nitrogens is 2. The third kappa shape index (κ3) is 5.33. The van der Waals surface area contributed by atoms with Crippen LogP contribution in [0.3, 0.4) is 0 Å². The third-order valence-corrected chi connectivity index (χ3v) is 3.10. The standard InChI is InChI=1S/C16H17F3N4O2/c1-2-25-15-12(4-3-7-22-15)14(24)21-9-8-20-13-6-5-11(10-23-13)16(17,18)19/h3-7,10H,2,8-9H2,1H3,(H,20,23)(H,21,24). The first-order valence-electron chi connectivity index (χ1n) is 7.55. The highest BCUT2D eigenvalue weighted by atomic mass is 19.4. The maximum absolute atomic E-state index is 12.4. The Labute approximate surface area is 142 Å². The van der Waals surface area contributed by atoms with Gasteiger partial charge in [-0.2, -0.15) is 13.2 Å². The largest absolute Gasteiger partial charge is 0.477 e. The average molecular weight is 354 g/mol. The molecule has 6 nitrogen and oxygen atoms in total. The normalized spacial score (nSPS) is 11.0. The molecule has 0 aliphatic rings. The van der Waals surface area contributed by atoms with Crippen LogP contribution in [0.4, 0.5) is 19.0 Å². The van der Waals surface area contributed by atoms with Crippen LogP contribution in [-0.4, -0.2) is 35.6 Å². The zero-order valence-electron chi connectivity index (χ0n) is 13.4. The minimum absolute atomic E-state index is 0.250. The van der Waals surface area contributed by atoms with Crippen molar-refractivity contribution in [3.05, 3.63) is 47.8 Å². The number of alkyl halides is 3. The zero-order valence-corrected chi connectivity index (χ0v) is 13.4. The highest BCUT2D eigenvalue weighted by Crippen LogP contribution is 2.28. The van der Waals surface area contributed by atoms with Crippen LogP contribution in [0.25, 0.3) is 0 Å². The summed E-state index contributed by atoms with van der Waals surface area (Å²) < 4.78 is 42.6. The number of anilines is 1. The summed E-state index contributed by atoms with van der Waals surface area (Å²) in [6.07, 6.45) is -2.13. The van der Waals surface area contributed by atoms with Crippen molar-refractivity contribution in [3.8, 4) is 5.88 Å². The topological polar surface area (TPSA) is 76.1 Å². The molecule has 0 saturated carbocycles. The predicted octanol–water partition coefficient (Wildman–Crippen LogP) is 2.74. The zero-order chi connectivity index (χ0) is 18.3. The molecule has 2 aromatic heterocycles. The number of carbonyl (C=O) groups excluding carboxylic acids is 1. The molecule has 0 aliphatic heterocycles. The van der Waals surface area contributed by atoms with Gasteiger partial charge in [0, 0.05) is 25.5 Å². The minimum Gasteiger partial charge on any atom is -0.477 e. The second-order valence-corrected chi connectivity index (χ2v) is 4.90. The van der Waals surface area contributed by atoms with Crippen molar-refractivity contribution in [2.75, 3.05) is 25.0 Å². The summed E-state index contributed by atoms with van der Waals surface area (Å²) in [7, 11) is 0. The van der Waals surface area contributed by atoms with Gasteiger partial charge in [0.1, 0.15) is 11.4 Å². The van der Waals surface area contributed by atoms with Crippen molar-refractivity contribution in [2.45, 2.75) is 13.1 Å². The Morgan fingerprint density at radius 2 is 2.00 bits per heavy atom. The van der Waals surface area contributed by atoms with E-state index < -0.39 is 11.7 Å². The van der Waals surface area contributed by atoms with Crippen molar-refractivity contribution in [3.63, 3.8) is 0 Å². The molecule has 0 unspecified atom stereocenters. The molecule has 0 spiro atoms. The molecule has 9 heteroatoms. The second kappa shape index (κ2) is 8.32. The highest BCUT2D eigenvalue weighted by molar-refractivity contribution is 5.96. The summed E-state index contributed by atoms with van der Waals surface area (Å²) in [4.78, 5) is 19.8. The Kier molecular flexibility index (Phi) is 6.15. The van der Waals surface area contributed by atoms with E-state index >= 15 is 0 Å². The van der Waals surface area contributed by atoms with E-state index in [4.69, 9.17) is 4.74 Å². The van der Waals surface area contributed by atoms with Gasteiger partial charge in [-0.1, -0.05) is 0 Å². The van der Waals surface area contributed by atoms with Gasteiger partial charge >= 0.3 is 6.18 Å². The SMILES string of the molecule is CCOc1ncccc1C(=O)NCCNc1ccc(C(F)(F)F)cn1. The molecule has 0 aliphatic carbocycles. The van der Waals surface area contributed by atoms with E-state index in [1.54, 1.807) is 19.1 Å². The number of hydrogen-bond acceptors (Lipinski definition) is 5. The van der Waals surface area contributed by atoms with Crippen LogP contribution in [0, 0.1) is 0 Å². The van der Waals surface area contributed by atoms with Crippen LogP contribution in [0.15, 0.2) is 36.7 Å². The second-order valence-electron chi connectivity index (χ2n) is 4.90. The van der Waals surface area contributed by atoms with Gasteiger partial charge in [-0.15, -0.1) is 0 Å². The van der Waals surface area contributed by atoms with Crippen LogP contribution in [0.1, 0.15) is 22.8 Å². The summed E-state index contributed by atoms with van der Waals surface area (Å²) in [5.41, 5.74) is -0.497. The van der Waals surface area contributed by atoms with Gasteiger partial charge in [-0.3, -0.25) is 4.79 Å². The molecule has 0 aromatic carbocycles. The lowest BCUT2D eigenvalue weighted by Crippen LogP contribution is -2.29. The molecule has 1 amide bonds. The van der Waals surface area contributed by atoms with Crippen molar-refractivity contribution >= 4 is 11.7 Å². The van der Waals surface area contributed by atoms with Gasteiger partial charge in [0.25, 0.3) is 5.91 Å². The number of rotatable bonds is 7. The summed E-state index contributed by atoms with van der Waals surface area (Å²) in [5.74, 6) is 0.192. The van der Waals surface area contributed by atoms with Gasteiger partial charge in [-0.05, 0) is 31.2 Å². The summed E-state index contributed by atoms with van der Waals surface area (Å²) in [6.45, 7) is 2.73. The maximum atomic E-state index is 12.4. The molecular weight excluding hydrogens is 337 g/mol. The van der Waals surface area contributed by atoms with Crippen LogP contribution < -0.4 is 15.4 Å². The van der Waals surface area contributed by atoms with Crippen molar-refractivity contribution in [1.29, 1.82) is 0 Å². The lowest BCUT2D eigenvalue weighted by Gasteiger charge is -2.11. The van der Waals surface area contributed by atoms with E-state index in [-0.39, 0.29) is 18.3 Å². The smallest absolute Gasteiger partial charge is 0.417 e. The number of pyridine rings is 2. The van der Waals surface area contributed by atoms with E-state index in [2.05, 4.69) is 20.6 Å². The summed E-state index contributed by atoms with van der Waals surface area (Å²) in [5, 5.41) is 5.50. The van der Waals surface area contributed by atoms with E-state index in [0.717, 1.165) is 12.3 Å². The summed E-state index contributed by atoms with van der Waals surface area (Å²) >= 11 is 0. The van der Waals surface area contributed by atoms with Gasteiger partial charge in [-0.25, -0.2) is 9.97 Å². The molecule has 0 saturated heterocycles. The van der Waals surface area contributed by atoms with Crippen molar-refractivity contribution < 1.29 is 22.7 Å². The quantitative estimate of drug-likeness (QED) is 0.748. The molecule has 2 heterocycles. The lowest BCUT2D eigenvalue weighted by atomic mass is 10.2. The number of nitrogens with one attached hydrogen (secondary N) is 2. The molecule has 0 atom stereocenters.